The lowest BCUT2D eigenvalue weighted by atomic mass is 9.80. The second-order valence-electron chi connectivity index (χ2n) is 4.66. The molecule has 1 fully saturated rings. The fourth-order valence-corrected chi connectivity index (χ4v) is 2.35. The van der Waals surface area contributed by atoms with Crippen LogP contribution < -0.4 is 4.74 Å². The van der Waals surface area contributed by atoms with E-state index in [9.17, 15) is 0 Å². The molecule has 0 aliphatic heterocycles. The van der Waals surface area contributed by atoms with Crippen LogP contribution in [0.15, 0.2) is 24.3 Å². The molecule has 19 heavy (non-hydrogen) atoms. The van der Waals surface area contributed by atoms with E-state index in [1.54, 1.807) is 0 Å². The van der Waals surface area contributed by atoms with Crippen molar-refractivity contribution in [3.05, 3.63) is 35.1 Å². The molecule has 0 radical (unpaired) electrons. The predicted octanol–water partition coefficient (Wildman–Crippen LogP) is 3.47. The molecule has 0 atom stereocenters. The molecule has 1 aliphatic carbocycles. The summed E-state index contributed by atoms with van der Waals surface area (Å²) in [5.74, 6) is 1.27. The van der Waals surface area contributed by atoms with Crippen molar-refractivity contribution in [3.63, 3.8) is 0 Å². The molecule has 0 amide bonds. The van der Waals surface area contributed by atoms with Gasteiger partial charge in [-0.2, -0.15) is 15.0 Å². The molecule has 2 aromatic rings. The maximum Gasteiger partial charge on any atom is 0.321 e. The van der Waals surface area contributed by atoms with Gasteiger partial charge in [0, 0.05) is 5.56 Å². The number of rotatable bonds is 3. The van der Waals surface area contributed by atoms with Crippen molar-refractivity contribution in [2.75, 3.05) is 7.11 Å². The maximum atomic E-state index is 5.85. The first kappa shape index (κ1) is 12.4. The van der Waals surface area contributed by atoms with E-state index in [0.29, 0.717) is 5.82 Å². The standard InChI is InChI=1S/C14H14ClN3O/c1-19-14-17-12(16-13(15)18-14)11-7-5-10(6-8-11)9-3-2-4-9/h5-9H,2-4H2,1H3. The van der Waals surface area contributed by atoms with Gasteiger partial charge in [-0.25, -0.2) is 0 Å². The first-order valence-electron chi connectivity index (χ1n) is 6.32. The highest BCUT2D eigenvalue weighted by Gasteiger charge is 2.19. The number of hydrogen-bond acceptors (Lipinski definition) is 4. The molecule has 4 nitrogen and oxygen atoms in total. The van der Waals surface area contributed by atoms with Crippen LogP contribution in [-0.4, -0.2) is 22.1 Å². The first-order valence-corrected chi connectivity index (χ1v) is 6.70. The number of ether oxygens (including phenoxy) is 1. The summed E-state index contributed by atoms with van der Waals surface area (Å²) in [6.45, 7) is 0. The topological polar surface area (TPSA) is 47.9 Å². The second-order valence-corrected chi connectivity index (χ2v) is 5.00. The van der Waals surface area contributed by atoms with E-state index in [1.165, 1.54) is 31.9 Å². The minimum Gasteiger partial charge on any atom is -0.467 e. The average Bonchev–Trinajstić information content (AvgIpc) is 2.37. The highest BCUT2D eigenvalue weighted by Crippen LogP contribution is 2.36. The Bertz CT molecular complexity index is 582. The Morgan fingerprint density at radius 2 is 1.84 bits per heavy atom. The van der Waals surface area contributed by atoms with Crippen LogP contribution in [0.3, 0.4) is 0 Å². The molecular formula is C14H14ClN3O. The summed E-state index contributed by atoms with van der Waals surface area (Å²) in [5, 5.41) is 0.143. The molecule has 0 unspecified atom stereocenters. The lowest BCUT2D eigenvalue weighted by Gasteiger charge is -2.25. The molecule has 5 heteroatoms. The summed E-state index contributed by atoms with van der Waals surface area (Å²) in [6.07, 6.45) is 3.93. The third-order valence-corrected chi connectivity index (χ3v) is 3.68. The lowest BCUT2D eigenvalue weighted by molar-refractivity contribution is 0.379. The van der Waals surface area contributed by atoms with Crippen LogP contribution in [0.1, 0.15) is 30.7 Å². The van der Waals surface area contributed by atoms with Crippen LogP contribution in [-0.2, 0) is 0 Å². The summed E-state index contributed by atoms with van der Waals surface area (Å²) < 4.78 is 5.00. The van der Waals surface area contributed by atoms with Crippen molar-refractivity contribution >= 4 is 11.6 Å². The molecule has 1 aliphatic rings. The molecule has 1 aromatic carbocycles. The van der Waals surface area contributed by atoms with Crippen LogP contribution in [0.2, 0.25) is 5.28 Å². The number of methoxy groups -OCH3 is 1. The van der Waals surface area contributed by atoms with E-state index in [1.807, 2.05) is 12.1 Å². The number of benzene rings is 1. The van der Waals surface area contributed by atoms with Gasteiger partial charge in [0.15, 0.2) is 5.82 Å². The van der Waals surface area contributed by atoms with Gasteiger partial charge in [0.25, 0.3) is 0 Å². The van der Waals surface area contributed by atoms with E-state index in [0.717, 1.165) is 11.5 Å². The zero-order valence-corrected chi connectivity index (χ0v) is 11.4. The fraction of sp³-hybridized carbons (Fsp3) is 0.357. The van der Waals surface area contributed by atoms with Crippen LogP contribution in [0.4, 0.5) is 0 Å². The Kier molecular flexibility index (Phi) is 3.34. The summed E-state index contributed by atoms with van der Waals surface area (Å²) >= 11 is 5.85. The van der Waals surface area contributed by atoms with Crippen LogP contribution >= 0.6 is 11.6 Å². The molecule has 1 aromatic heterocycles. The Morgan fingerprint density at radius 1 is 1.11 bits per heavy atom. The predicted molar refractivity (Wildman–Crippen MR) is 73.4 cm³/mol. The molecule has 0 spiro atoms. The van der Waals surface area contributed by atoms with Gasteiger partial charge in [-0.1, -0.05) is 30.7 Å². The van der Waals surface area contributed by atoms with E-state index in [4.69, 9.17) is 16.3 Å². The van der Waals surface area contributed by atoms with Crippen molar-refractivity contribution in [1.29, 1.82) is 0 Å². The van der Waals surface area contributed by atoms with Crippen molar-refractivity contribution in [2.24, 2.45) is 0 Å². The smallest absolute Gasteiger partial charge is 0.321 e. The van der Waals surface area contributed by atoms with Crippen molar-refractivity contribution in [3.8, 4) is 17.4 Å². The molecule has 0 N–H and O–H groups in total. The summed E-state index contributed by atoms with van der Waals surface area (Å²) in [4.78, 5) is 12.2. The number of aromatic nitrogens is 3. The summed E-state index contributed by atoms with van der Waals surface area (Å²) in [5.41, 5.74) is 2.31. The molecule has 98 valence electrons. The van der Waals surface area contributed by atoms with Gasteiger partial charge < -0.3 is 4.74 Å². The van der Waals surface area contributed by atoms with Gasteiger partial charge >= 0.3 is 6.01 Å². The molecule has 1 saturated carbocycles. The molecule has 0 saturated heterocycles. The van der Waals surface area contributed by atoms with Gasteiger partial charge in [-0.15, -0.1) is 0 Å². The highest BCUT2D eigenvalue weighted by molar-refractivity contribution is 6.28. The zero-order chi connectivity index (χ0) is 13.2. The number of halogens is 1. The van der Waals surface area contributed by atoms with Gasteiger partial charge in [0.05, 0.1) is 7.11 Å². The van der Waals surface area contributed by atoms with Gasteiger partial charge in [0.2, 0.25) is 5.28 Å². The minimum atomic E-state index is 0.143. The second kappa shape index (κ2) is 5.13. The van der Waals surface area contributed by atoms with Crippen LogP contribution in [0.25, 0.3) is 11.4 Å². The Balaban J connectivity index is 1.90. The Hall–Kier alpha value is -1.68. The third-order valence-electron chi connectivity index (χ3n) is 3.52. The number of hydrogen-bond donors (Lipinski definition) is 0. The molecule has 3 rings (SSSR count). The molecular weight excluding hydrogens is 262 g/mol. The van der Waals surface area contributed by atoms with E-state index < -0.39 is 0 Å². The quantitative estimate of drug-likeness (QED) is 0.861. The Morgan fingerprint density at radius 3 is 2.42 bits per heavy atom. The van der Waals surface area contributed by atoms with Gasteiger partial charge in [0.1, 0.15) is 0 Å². The Labute approximate surface area is 116 Å². The SMILES string of the molecule is COc1nc(Cl)nc(-c2ccc(C3CCC3)cc2)n1. The van der Waals surface area contributed by atoms with E-state index in [-0.39, 0.29) is 11.3 Å². The maximum absolute atomic E-state index is 5.85. The molecule has 0 bridgehead atoms. The van der Waals surface area contributed by atoms with Crippen LogP contribution in [0.5, 0.6) is 6.01 Å². The summed E-state index contributed by atoms with van der Waals surface area (Å²) in [7, 11) is 1.51. The fourth-order valence-electron chi connectivity index (χ4n) is 2.20. The van der Waals surface area contributed by atoms with Gasteiger partial charge in [-0.05, 0) is 35.9 Å². The van der Waals surface area contributed by atoms with E-state index >= 15 is 0 Å². The minimum absolute atomic E-state index is 0.143. The van der Waals surface area contributed by atoms with Gasteiger partial charge in [-0.3, -0.25) is 0 Å². The number of nitrogens with zero attached hydrogens (tertiary/aromatic N) is 3. The molecule has 1 heterocycles. The van der Waals surface area contributed by atoms with Crippen molar-refractivity contribution in [2.45, 2.75) is 25.2 Å². The largest absolute Gasteiger partial charge is 0.467 e. The normalized spacial score (nSPS) is 15.1. The highest BCUT2D eigenvalue weighted by atomic mass is 35.5. The third kappa shape index (κ3) is 2.54. The van der Waals surface area contributed by atoms with Crippen molar-refractivity contribution in [1.82, 2.24) is 15.0 Å². The first-order chi connectivity index (χ1) is 9.26. The van der Waals surface area contributed by atoms with E-state index in [2.05, 4.69) is 27.1 Å². The monoisotopic (exact) mass is 275 g/mol. The lowest BCUT2D eigenvalue weighted by Crippen LogP contribution is -2.08. The van der Waals surface area contributed by atoms with Crippen LogP contribution in [0, 0.1) is 0 Å². The van der Waals surface area contributed by atoms with Crippen molar-refractivity contribution < 1.29 is 4.74 Å². The zero-order valence-electron chi connectivity index (χ0n) is 10.6. The summed E-state index contributed by atoms with van der Waals surface area (Å²) in [6, 6.07) is 8.57. The average molecular weight is 276 g/mol.